The average molecular weight is 277 g/mol. The highest BCUT2D eigenvalue weighted by atomic mass is 16.6. The van der Waals surface area contributed by atoms with Crippen LogP contribution in [0.4, 0.5) is 10.5 Å². The van der Waals surface area contributed by atoms with Crippen molar-refractivity contribution in [3.8, 4) is 0 Å². The first kappa shape index (κ1) is 15.8. The first-order valence-corrected chi connectivity index (χ1v) is 6.19. The molecular weight excluding hydrogens is 258 g/mol. The molecule has 0 spiro atoms. The molecule has 1 rings (SSSR count). The van der Waals surface area contributed by atoms with E-state index in [2.05, 4.69) is 5.32 Å². The fourth-order valence-electron chi connectivity index (χ4n) is 1.54. The fraction of sp³-hybridized carbons (Fsp3) is 0.333. The summed E-state index contributed by atoms with van der Waals surface area (Å²) in [4.78, 5) is 22.2. The number of anilines is 1. The number of hydrogen-bond acceptors (Lipinski definition) is 3. The van der Waals surface area contributed by atoms with Crippen molar-refractivity contribution < 1.29 is 19.4 Å². The van der Waals surface area contributed by atoms with Gasteiger partial charge in [0.05, 0.1) is 0 Å². The Balaban J connectivity index is 2.89. The van der Waals surface area contributed by atoms with Crippen LogP contribution in [-0.4, -0.2) is 22.8 Å². The molecular formula is C15H19NO4. The lowest BCUT2D eigenvalue weighted by atomic mass is 10.1. The number of aliphatic carboxylic acids is 1. The summed E-state index contributed by atoms with van der Waals surface area (Å²) in [7, 11) is 0. The molecule has 0 bridgehead atoms. The minimum absolute atomic E-state index is 0.542. The molecule has 108 valence electrons. The maximum absolute atomic E-state index is 11.7. The summed E-state index contributed by atoms with van der Waals surface area (Å²) in [5.74, 6) is -1.02. The Bertz CT molecular complexity index is 541. The van der Waals surface area contributed by atoms with Crippen molar-refractivity contribution in [1.29, 1.82) is 0 Å². The molecule has 0 aromatic heterocycles. The highest BCUT2D eigenvalue weighted by molar-refractivity contribution is 5.89. The minimum atomic E-state index is -1.02. The summed E-state index contributed by atoms with van der Waals surface area (Å²) >= 11 is 0. The number of amides is 1. The van der Waals surface area contributed by atoms with Crippen LogP contribution in [0.15, 0.2) is 24.3 Å². The Labute approximate surface area is 118 Å². The van der Waals surface area contributed by atoms with E-state index in [1.54, 1.807) is 45.9 Å². The van der Waals surface area contributed by atoms with Gasteiger partial charge < -0.3 is 9.84 Å². The van der Waals surface area contributed by atoms with E-state index in [4.69, 9.17) is 9.84 Å². The minimum Gasteiger partial charge on any atom is -0.478 e. The summed E-state index contributed by atoms with van der Waals surface area (Å²) in [6.07, 6.45) is 2.00. The zero-order valence-electron chi connectivity index (χ0n) is 12.1. The molecule has 0 heterocycles. The van der Waals surface area contributed by atoms with E-state index in [0.717, 1.165) is 17.2 Å². The fourth-order valence-corrected chi connectivity index (χ4v) is 1.54. The molecule has 0 radical (unpaired) electrons. The Morgan fingerprint density at radius 1 is 1.30 bits per heavy atom. The van der Waals surface area contributed by atoms with E-state index < -0.39 is 17.7 Å². The Hall–Kier alpha value is -2.30. The van der Waals surface area contributed by atoms with E-state index in [1.807, 2.05) is 0 Å². The summed E-state index contributed by atoms with van der Waals surface area (Å²) < 4.78 is 5.17. The van der Waals surface area contributed by atoms with Gasteiger partial charge in [-0.2, -0.15) is 0 Å². The third kappa shape index (κ3) is 5.14. The molecule has 0 fully saturated rings. The summed E-state index contributed by atoms with van der Waals surface area (Å²) in [5.41, 5.74) is 1.52. The van der Waals surface area contributed by atoms with Gasteiger partial charge in [0.2, 0.25) is 0 Å². The zero-order valence-corrected chi connectivity index (χ0v) is 12.1. The molecule has 1 aromatic carbocycles. The monoisotopic (exact) mass is 277 g/mol. The highest BCUT2D eigenvalue weighted by Gasteiger charge is 2.16. The van der Waals surface area contributed by atoms with Crippen LogP contribution in [0, 0.1) is 6.92 Å². The zero-order chi connectivity index (χ0) is 15.3. The second kappa shape index (κ2) is 6.23. The van der Waals surface area contributed by atoms with Gasteiger partial charge in [-0.3, -0.25) is 5.32 Å². The lowest BCUT2D eigenvalue weighted by Crippen LogP contribution is -2.27. The number of ether oxygens (including phenoxy) is 1. The molecule has 1 amide bonds. The first-order chi connectivity index (χ1) is 9.19. The molecule has 0 saturated heterocycles. The van der Waals surface area contributed by atoms with Crippen molar-refractivity contribution in [1.82, 2.24) is 0 Å². The lowest BCUT2D eigenvalue weighted by molar-refractivity contribution is -0.131. The van der Waals surface area contributed by atoms with Gasteiger partial charge in [-0.1, -0.05) is 12.1 Å². The van der Waals surface area contributed by atoms with Crippen molar-refractivity contribution in [3.05, 3.63) is 35.4 Å². The predicted octanol–water partition coefficient (Wildman–Crippen LogP) is 3.44. The number of hydrogen-bond donors (Lipinski definition) is 2. The SMILES string of the molecule is Cc1c(C=CC(=O)O)cccc1NC(=O)OC(C)(C)C. The van der Waals surface area contributed by atoms with Crippen LogP contribution < -0.4 is 5.32 Å². The summed E-state index contributed by atoms with van der Waals surface area (Å²) in [6.45, 7) is 7.15. The van der Waals surface area contributed by atoms with E-state index in [9.17, 15) is 9.59 Å². The Morgan fingerprint density at radius 2 is 1.95 bits per heavy atom. The van der Waals surface area contributed by atoms with Gasteiger partial charge in [-0.05, 0) is 51.0 Å². The molecule has 0 aliphatic heterocycles. The molecule has 1 aromatic rings. The van der Waals surface area contributed by atoms with E-state index in [1.165, 1.54) is 6.08 Å². The highest BCUT2D eigenvalue weighted by Crippen LogP contribution is 2.21. The van der Waals surface area contributed by atoms with Gasteiger partial charge in [-0.15, -0.1) is 0 Å². The molecule has 20 heavy (non-hydrogen) atoms. The second-order valence-corrected chi connectivity index (χ2v) is 5.32. The van der Waals surface area contributed by atoms with Gasteiger partial charge >= 0.3 is 12.1 Å². The maximum atomic E-state index is 11.7. The Kier molecular flexibility index (Phi) is 4.91. The average Bonchev–Trinajstić information content (AvgIpc) is 2.27. The van der Waals surface area contributed by atoms with Crippen molar-refractivity contribution >= 4 is 23.8 Å². The van der Waals surface area contributed by atoms with Crippen LogP contribution in [-0.2, 0) is 9.53 Å². The topological polar surface area (TPSA) is 75.6 Å². The lowest BCUT2D eigenvalue weighted by Gasteiger charge is -2.20. The van der Waals surface area contributed by atoms with Crippen LogP contribution in [0.5, 0.6) is 0 Å². The first-order valence-electron chi connectivity index (χ1n) is 6.19. The number of carbonyl (C=O) groups excluding carboxylic acids is 1. The Morgan fingerprint density at radius 3 is 2.50 bits per heavy atom. The standard InChI is InChI=1S/C15H19NO4/c1-10-11(8-9-13(17)18)6-5-7-12(10)16-14(19)20-15(2,3)4/h5-9H,1-4H3,(H,16,19)(H,17,18). The van der Waals surface area contributed by atoms with Gasteiger partial charge in [0.1, 0.15) is 5.60 Å². The van der Waals surface area contributed by atoms with Crippen molar-refractivity contribution in [3.63, 3.8) is 0 Å². The van der Waals surface area contributed by atoms with Gasteiger partial charge in [0, 0.05) is 11.8 Å². The van der Waals surface area contributed by atoms with Crippen LogP contribution >= 0.6 is 0 Å². The number of carboxylic acids is 1. The van der Waals surface area contributed by atoms with Crippen LogP contribution in [0.3, 0.4) is 0 Å². The van der Waals surface area contributed by atoms with E-state index in [-0.39, 0.29) is 0 Å². The maximum Gasteiger partial charge on any atom is 0.412 e. The number of rotatable bonds is 3. The van der Waals surface area contributed by atoms with Gasteiger partial charge in [0.25, 0.3) is 0 Å². The quantitative estimate of drug-likeness (QED) is 0.830. The van der Waals surface area contributed by atoms with Crippen LogP contribution in [0.1, 0.15) is 31.9 Å². The molecule has 0 atom stereocenters. The summed E-state index contributed by atoms with van der Waals surface area (Å²) in [6, 6.07) is 5.24. The third-order valence-electron chi connectivity index (χ3n) is 2.42. The molecule has 5 nitrogen and oxygen atoms in total. The van der Waals surface area contributed by atoms with E-state index in [0.29, 0.717) is 5.69 Å². The van der Waals surface area contributed by atoms with Crippen LogP contribution in [0.2, 0.25) is 0 Å². The molecule has 0 aliphatic carbocycles. The smallest absolute Gasteiger partial charge is 0.412 e. The molecule has 5 heteroatoms. The number of carboxylic acid groups (broad SMARTS) is 1. The third-order valence-corrected chi connectivity index (χ3v) is 2.42. The number of nitrogens with one attached hydrogen (secondary N) is 1. The van der Waals surface area contributed by atoms with Crippen molar-refractivity contribution in [2.75, 3.05) is 5.32 Å². The number of benzene rings is 1. The van der Waals surface area contributed by atoms with Crippen LogP contribution in [0.25, 0.3) is 6.08 Å². The summed E-state index contributed by atoms with van der Waals surface area (Å²) in [5, 5.41) is 11.3. The predicted molar refractivity (Wildman–Crippen MR) is 77.7 cm³/mol. The molecule has 2 N–H and O–H groups in total. The number of carbonyl (C=O) groups is 2. The largest absolute Gasteiger partial charge is 0.478 e. The van der Waals surface area contributed by atoms with Crippen molar-refractivity contribution in [2.45, 2.75) is 33.3 Å². The normalized spacial score (nSPS) is 11.4. The molecule has 0 unspecified atom stereocenters. The van der Waals surface area contributed by atoms with Gasteiger partial charge in [-0.25, -0.2) is 9.59 Å². The van der Waals surface area contributed by atoms with E-state index >= 15 is 0 Å². The van der Waals surface area contributed by atoms with Gasteiger partial charge in [0.15, 0.2) is 0 Å². The second-order valence-electron chi connectivity index (χ2n) is 5.32. The molecule has 0 saturated carbocycles. The molecule has 0 aliphatic rings. The van der Waals surface area contributed by atoms with Crippen molar-refractivity contribution in [2.24, 2.45) is 0 Å².